The van der Waals surface area contributed by atoms with Gasteiger partial charge < -0.3 is 9.15 Å². The van der Waals surface area contributed by atoms with Gasteiger partial charge in [0.15, 0.2) is 0 Å². The Labute approximate surface area is 154 Å². The average Bonchev–Trinajstić information content (AvgIpc) is 3.00. The van der Waals surface area contributed by atoms with E-state index in [1.807, 2.05) is 18.2 Å². The lowest BCUT2D eigenvalue weighted by atomic mass is 9.96. The van der Waals surface area contributed by atoms with E-state index < -0.39 is 0 Å². The highest BCUT2D eigenvalue weighted by atomic mass is 16.6. The van der Waals surface area contributed by atoms with Crippen LogP contribution in [0.4, 0.5) is 0 Å². The van der Waals surface area contributed by atoms with Crippen LogP contribution in [0.3, 0.4) is 0 Å². The monoisotopic (exact) mass is 348 g/mol. The summed E-state index contributed by atoms with van der Waals surface area (Å²) in [6.45, 7) is 2.23. The Morgan fingerprint density at radius 1 is 1.04 bits per heavy atom. The van der Waals surface area contributed by atoms with Crippen molar-refractivity contribution >= 4 is 16.9 Å². The number of carbonyl (C=O) groups is 1. The van der Waals surface area contributed by atoms with Gasteiger partial charge in [-0.2, -0.15) is 0 Å². The zero-order chi connectivity index (χ0) is 17.9. The average molecular weight is 348 g/mol. The lowest BCUT2D eigenvalue weighted by Gasteiger charge is -2.25. The van der Waals surface area contributed by atoms with Gasteiger partial charge >= 0.3 is 5.97 Å². The van der Waals surface area contributed by atoms with Crippen LogP contribution in [-0.4, -0.2) is 12.1 Å². The first-order valence-electron chi connectivity index (χ1n) is 9.54. The zero-order valence-corrected chi connectivity index (χ0v) is 15.2. The molecule has 0 N–H and O–H groups in total. The predicted octanol–water partition coefficient (Wildman–Crippen LogP) is 5.69. The van der Waals surface area contributed by atoms with Crippen molar-refractivity contribution in [1.29, 1.82) is 0 Å². The minimum Gasteiger partial charge on any atom is -0.461 e. The largest absolute Gasteiger partial charge is 0.461 e. The molecule has 0 spiro atoms. The number of rotatable bonds is 7. The zero-order valence-electron chi connectivity index (χ0n) is 15.2. The maximum Gasteiger partial charge on any atom is 0.309 e. The molecular formula is C23H24O3. The SMILES string of the molecule is CCCCCc1ccc(-c2oc3ccccc3c2CC2CC(=O)O2)cc1. The molecule has 1 saturated heterocycles. The van der Waals surface area contributed by atoms with Gasteiger partial charge in [0.1, 0.15) is 17.4 Å². The Kier molecular flexibility index (Phi) is 4.79. The van der Waals surface area contributed by atoms with Crippen molar-refractivity contribution in [3.05, 3.63) is 59.7 Å². The molecule has 3 nitrogen and oxygen atoms in total. The number of benzene rings is 2. The Hall–Kier alpha value is -2.55. The van der Waals surface area contributed by atoms with Crippen molar-refractivity contribution in [3.63, 3.8) is 0 Å². The Bertz CT molecular complexity index is 897. The number of aryl methyl sites for hydroxylation is 1. The molecule has 1 atom stereocenters. The van der Waals surface area contributed by atoms with Crippen LogP contribution in [0.5, 0.6) is 0 Å². The van der Waals surface area contributed by atoms with Gasteiger partial charge in [-0.3, -0.25) is 4.79 Å². The Balaban J connectivity index is 1.63. The van der Waals surface area contributed by atoms with Crippen molar-refractivity contribution < 1.29 is 13.9 Å². The van der Waals surface area contributed by atoms with E-state index in [1.54, 1.807) is 0 Å². The molecule has 1 aliphatic heterocycles. The summed E-state index contributed by atoms with van der Waals surface area (Å²) in [6, 6.07) is 16.8. The van der Waals surface area contributed by atoms with Crippen LogP contribution in [-0.2, 0) is 22.4 Å². The molecule has 1 unspecified atom stereocenters. The van der Waals surface area contributed by atoms with E-state index in [2.05, 4.69) is 37.3 Å². The van der Waals surface area contributed by atoms with Crippen LogP contribution in [0.25, 0.3) is 22.3 Å². The summed E-state index contributed by atoms with van der Waals surface area (Å²) in [5, 5.41) is 1.11. The molecule has 3 aromatic rings. The summed E-state index contributed by atoms with van der Waals surface area (Å²) in [5.74, 6) is 0.787. The van der Waals surface area contributed by atoms with Gasteiger partial charge in [0.25, 0.3) is 0 Å². The van der Waals surface area contributed by atoms with Gasteiger partial charge in [-0.05, 0) is 24.5 Å². The predicted molar refractivity (Wildman–Crippen MR) is 103 cm³/mol. The number of fused-ring (bicyclic) bond motifs is 1. The summed E-state index contributed by atoms with van der Waals surface area (Å²) in [4.78, 5) is 11.2. The summed E-state index contributed by atoms with van der Waals surface area (Å²) in [7, 11) is 0. The molecule has 2 aromatic carbocycles. The van der Waals surface area contributed by atoms with Crippen molar-refractivity contribution in [2.24, 2.45) is 0 Å². The molecule has 1 aliphatic rings. The van der Waals surface area contributed by atoms with Gasteiger partial charge in [-0.25, -0.2) is 0 Å². The molecule has 0 saturated carbocycles. The quantitative estimate of drug-likeness (QED) is 0.407. The van der Waals surface area contributed by atoms with Gasteiger partial charge in [0, 0.05) is 22.9 Å². The highest BCUT2D eigenvalue weighted by Gasteiger charge is 2.31. The number of carbonyl (C=O) groups excluding carboxylic acids is 1. The molecule has 4 rings (SSSR count). The van der Waals surface area contributed by atoms with E-state index in [9.17, 15) is 4.79 Å². The van der Waals surface area contributed by atoms with Crippen LogP contribution < -0.4 is 0 Å². The second-order valence-electron chi connectivity index (χ2n) is 7.08. The fraction of sp³-hybridized carbons (Fsp3) is 0.348. The van der Waals surface area contributed by atoms with E-state index in [-0.39, 0.29) is 12.1 Å². The maximum absolute atomic E-state index is 11.2. The second kappa shape index (κ2) is 7.36. The van der Waals surface area contributed by atoms with Crippen molar-refractivity contribution in [1.82, 2.24) is 0 Å². The number of hydrogen-bond acceptors (Lipinski definition) is 3. The Morgan fingerprint density at radius 2 is 1.81 bits per heavy atom. The third-order valence-corrected chi connectivity index (χ3v) is 5.11. The number of para-hydroxylation sites is 1. The molecule has 0 amide bonds. The normalized spacial score (nSPS) is 16.5. The Morgan fingerprint density at radius 3 is 2.54 bits per heavy atom. The third-order valence-electron chi connectivity index (χ3n) is 5.11. The van der Waals surface area contributed by atoms with Crippen LogP contribution >= 0.6 is 0 Å². The van der Waals surface area contributed by atoms with Gasteiger partial charge in [-0.15, -0.1) is 0 Å². The number of esters is 1. The first kappa shape index (κ1) is 16.9. The lowest BCUT2D eigenvalue weighted by Crippen LogP contribution is -2.34. The first-order valence-corrected chi connectivity index (χ1v) is 9.54. The van der Waals surface area contributed by atoms with E-state index in [0.717, 1.165) is 34.3 Å². The molecule has 26 heavy (non-hydrogen) atoms. The number of furan rings is 1. The maximum atomic E-state index is 11.2. The topological polar surface area (TPSA) is 39.4 Å². The number of ether oxygens (including phenoxy) is 1. The minimum atomic E-state index is -0.110. The van der Waals surface area contributed by atoms with Gasteiger partial charge in [0.2, 0.25) is 0 Å². The number of unbranched alkanes of at least 4 members (excludes halogenated alkanes) is 2. The number of hydrogen-bond donors (Lipinski definition) is 0. The summed E-state index contributed by atoms with van der Waals surface area (Å²) in [5.41, 5.74) is 4.47. The fourth-order valence-electron chi connectivity index (χ4n) is 3.64. The summed E-state index contributed by atoms with van der Waals surface area (Å²) < 4.78 is 11.4. The van der Waals surface area contributed by atoms with Crippen LogP contribution in [0.15, 0.2) is 52.9 Å². The molecule has 2 heterocycles. The van der Waals surface area contributed by atoms with Crippen molar-refractivity contribution in [3.8, 4) is 11.3 Å². The lowest BCUT2D eigenvalue weighted by molar-refractivity contribution is -0.169. The smallest absolute Gasteiger partial charge is 0.309 e. The van der Waals surface area contributed by atoms with Gasteiger partial charge in [-0.1, -0.05) is 62.2 Å². The van der Waals surface area contributed by atoms with Crippen molar-refractivity contribution in [2.45, 2.75) is 51.6 Å². The number of cyclic esters (lactones) is 1. The molecular weight excluding hydrogens is 324 g/mol. The molecule has 134 valence electrons. The van der Waals surface area contributed by atoms with E-state index >= 15 is 0 Å². The second-order valence-corrected chi connectivity index (χ2v) is 7.08. The standard InChI is InChI=1S/C23H24O3/c1-2-3-4-7-16-10-12-17(13-11-16)23-20(14-18-15-22(24)25-18)19-8-5-6-9-21(19)26-23/h5-6,8-13,18H,2-4,7,14-15H2,1H3. The van der Waals surface area contributed by atoms with Crippen LogP contribution in [0.2, 0.25) is 0 Å². The van der Waals surface area contributed by atoms with Crippen molar-refractivity contribution in [2.75, 3.05) is 0 Å². The summed E-state index contributed by atoms with van der Waals surface area (Å²) in [6.07, 6.45) is 6.04. The van der Waals surface area contributed by atoms with Crippen LogP contribution in [0.1, 0.15) is 43.7 Å². The molecule has 0 bridgehead atoms. The highest BCUT2D eigenvalue weighted by Crippen LogP contribution is 2.36. The van der Waals surface area contributed by atoms with E-state index in [4.69, 9.17) is 9.15 Å². The molecule has 1 aromatic heterocycles. The minimum absolute atomic E-state index is 0.0319. The molecule has 0 aliphatic carbocycles. The third kappa shape index (κ3) is 3.39. The van der Waals surface area contributed by atoms with E-state index in [0.29, 0.717) is 12.8 Å². The summed E-state index contributed by atoms with van der Waals surface area (Å²) >= 11 is 0. The first-order chi connectivity index (χ1) is 12.7. The molecule has 0 radical (unpaired) electrons. The highest BCUT2D eigenvalue weighted by molar-refractivity contribution is 5.88. The fourth-order valence-corrected chi connectivity index (χ4v) is 3.64. The van der Waals surface area contributed by atoms with Gasteiger partial charge in [0.05, 0.1) is 6.42 Å². The molecule has 1 fully saturated rings. The van der Waals surface area contributed by atoms with E-state index in [1.165, 1.54) is 24.8 Å². The molecule has 3 heteroatoms. The van der Waals surface area contributed by atoms with Crippen LogP contribution in [0, 0.1) is 0 Å².